The molecule has 1 amide bonds. The number of amides is 1. The number of benzene rings is 1. The van der Waals surface area contributed by atoms with Gasteiger partial charge in [0.25, 0.3) is 5.91 Å². The molecule has 0 saturated heterocycles. The van der Waals surface area contributed by atoms with Crippen molar-refractivity contribution in [3.8, 4) is 0 Å². The Labute approximate surface area is 131 Å². The van der Waals surface area contributed by atoms with Gasteiger partial charge in [-0.15, -0.1) is 0 Å². The normalized spacial score (nSPS) is 10.8. The molecule has 1 N–H and O–H groups in total. The number of nitrogens with zero attached hydrogens (tertiary/aromatic N) is 2. The minimum atomic E-state index is -0.260. The van der Waals surface area contributed by atoms with Crippen LogP contribution in [0.5, 0.6) is 0 Å². The molecule has 6 heteroatoms. The van der Waals surface area contributed by atoms with E-state index in [-0.39, 0.29) is 5.91 Å². The largest absolute Gasteiger partial charge is 0.321 e. The summed E-state index contributed by atoms with van der Waals surface area (Å²) in [5.41, 5.74) is 2.42. The fraction of sp³-hybridized carbons (Fsp3) is 0.0667. The van der Waals surface area contributed by atoms with E-state index in [4.69, 9.17) is 23.2 Å². The number of imidazole rings is 1. The molecule has 0 fully saturated rings. The molecule has 0 bridgehead atoms. The molecular weight excluding hydrogens is 309 g/mol. The predicted molar refractivity (Wildman–Crippen MR) is 84.3 cm³/mol. The van der Waals surface area contributed by atoms with Crippen molar-refractivity contribution in [3.63, 3.8) is 0 Å². The molecule has 0 aliphatic heterocycles. The van der Waals surface area contributed by atoms with Gasteiger partial charge in [0.2, 0.25) is 0 Å². The van der Waals surface area contributed by atoms with E-state index in [0.717, 1.165) is 5.65 Å². The molecule has 0 saturated carbocycles. The third-order valence-corrected chi connectivity index (χ3v) is 3.48. The number of halogens is 2. The third kappa shape index (κ3) is 2.73. The molecule has 3 aromatic rings. The van der Waals surface area contributed by atoms with E-state index in [0.29, 0.717) is 27.1 Å². The summed E-state index contributed by atoms with van der Waals surface area (Å²) >= 11 is 11.9. The van der Waals surface area contributed by atoms with Crippen LogP contribution in [0.15, 0.2) is 42.6 Å². The number of aromatic nitrogens is 2. The smallest absolute Gasteiger partial charge is 0.274 e. The number of hydrogen-bond acceptors (Lipinski definition) is 2. The van der Waals surface area contributed by atoms with Crippen molar-refractivity contribution in [1.82, 2.24) is 9.38 Å². The first-order chi connectivity index (χ1) is 10.0. The van der Waals surface area contributed by atoms with Gasteiger partial charge in [-0.3, -0.25) is 9.20 Å². The number of carbonyl (C=O) groups is 1. The summed E-state index contributed by atoms with van der Waals surface area (Å²) in [5.74, 6) is -0.260. The SMILES string of the molecule is Cc1nc2ccccn2c1C(=O)Nc1cc(Cl)cc(Cl)c1. The van der Waals surface area contributed by atoms with Gasteiger partial charge >= 0.3 is 0 Å². The van der Waals surface area contributed by atoms with Gasteiger partial charge in [0.05, 0.1) is 5.69 Å². The lowest BCUT2D eigenvalue weighted by atomic mass is 10.3. The van der Waals surface area contributed by atoms with Crippen LogP contribution in [0.3, 0.4) is 0 Å². The monoisotopic (exact) mass is 319 g/mol. The van der Waals surface area contributed by atoms with Crippen molar-refractivity contribution in [1.29, 1.82) is 0 Å². The van der Waals surface area contributed by atoms with E-state index < -0.39 is 0 Å². The first-order valence-corrected chi connectivity index (χ1v) is 7.01. The van der Waals surface area contributed by atoms with Crippen molar-refractivity contribution in [2.45, 2.75) is 6.92 Å². The summed E-state index contributed by atoms with van der Waals surface area (Å²) in [4.78, 5) is 16.8. The van der Waals surface area contributed by atoms with E-state index in [1.807, 2.05) is 18.2 Å². The first kappa shape index (κ1) is 13.9. The molecule has 0 atom stereocenters. The highest BCUT2D eigenvalue weighted by molar-refractivity contribution is 6.35. The lowest BCUT2D eigenvalue weighted by Gasteiger charge is -2.07. The van der Waals surface area contributed by atoms with Crippen LogP contribution in [-0.4, -0.2) is 15.3 Å². The van der Waals surface area contributed by atoms with Crippen molar-refractivity contribution >= 4 is 40.4 Å². The Balaban J connectivity index is 1.99. The van der Waals surface area contributed by atoms with Crippen LogP contribution in [0.25, 0.3) is 5.65 Å². The second-order valence-corrected chi connectivity index (χ2v) is 5.46. The van der Waals surface area contributed by atoms with E-state index in [1.54, 1.807) is 35.7 Å². The average Bonchev–Trinajstić information content (AvgIpc) is 2.73. The van der Waals surface area contributed by atoms with Crippen LogP contribution in [-0.2, 0) is 0 Å². The Bertz CT molecular complexity index is 822. The second-order valence-electron chi connectivity index (χ2n) is 4.59. The summed E-state index contributed by atoms with van der Waals surface area (Å²) in [6.45, 7) is 1.80. The average molecular weight is 320 g/mol. The van der Waals surface area contributed by atoms with Crippen molar-refractivity contribution in [2.75, 3.05) is 5.32 Å². The van der Waals surface area contributed by atoms with E-state index in [1.165, 1.54) is 0 Å². The van der Waals surface area contributed by atoms with Gasteiger partial charge in [0, 0.05) is 21.9 Å². The lowest BCUT2D eigenvalue weighted by molar-refractivity contribution is 0.102. The molecule has 1 aromatic carbocycles. The zero-order chi connectivity index (χ0) is 15.0. The van der Waals surface area contributed by atoms with Crippen LogP contribution in [0, 0.1) is 6.92 Å². The molecule has 2 heterocycles. The van der Waals surface area contributed by atoms with Gasteiger partial charge in [0.1, 0.15) is 11.3 Å². The van der Waals surface area contributed by atoms with Gasteiger partial charge in [0.15, 0.2) is 0 Å². The molecule has 21 heavy (non-hydrogen) atoms. The van der Waals surface area contributed by atoms with Gasteiger partial charge in [-0.2, -0.15) is 0 Å². The number of fused-ring (bicyclic) bond motifs is 1. The Morgan fingerprint density at radius 2 is 1.90 bits per heavy atom. The molecule has 106 valence electrons. The number of hydrogen-bond donors (Lipinski definition) is 1. The fourth-order valence-electron chi connectivity index (χ4n) is 2.20. The maximum Gasteiger partial charge on any atom is 0.274 e. The summed E-state index contributed by atoms with van der Waals surface area (Å²) in [6.07, 6.45) is 1.80. The van der Waals surface area contributed by atoms with E-state index >= 15 is 0 Å². The topological polar surface area (TPSA) is 46.4 Å². The highest BCUT2D eigenvalue weighted by atomic mass is 35.5. The molecular formula is C15H11Cl2N3O. The first-order valence-electron chi connectivity index (χ1n) is 6.26. The van der Waals surface area contributed by atoms with Crippen LogP contribution in [0.1, 0.15) is 16.2 Å². The summed E-state index contributed by atoms with van der Waals surface area (Å²) < 4.78 is 1.75. The molecule has 0 spiro atoms. The molecule has 3 rings (SSSR count). The quantitative estimate of drug-likeness (QED) is 0.769. The summed E-state index contributed by atoms with van der Waals surface area (Å²) in [5, 5.41) is 3.72. The van der Waals surface area contributed by atoms with Gasteiger partial charge < -0.3 is 5.32 Å². The third-order valence-electron chi connectivity index (χ3n) is 3.04. The van der Waals surface area contributed by atoms with Gasteiger partial charge in [-0.05, 0) is 37.3 Å². The highest BCUT2D eigenvalue weighted by Crippen LogP contribution is 2.23. The Hall–Kier alpha value is -2.04. The van der Waals surface area contributed by atoms with E-state index in [9.17, 15) is 4.79 Å². The zero-order valence-corrected chi connectivity index (χ0v) is 12.6. The van der Waals surface area contributed by atoms with Gasteiger partial charge in [-0.1, -0.05) is 29.3 Å². The van der Waals surface area contributed by atoms with Crippen molar-refractivity contribution in [3.05, 3.63) is 64.0 Å². The Kier molecular flexibility index (Phi) is 3.57. The number of carbonyl (C=O) groups excluding carboxylic acids is 1. The Morgan fingerprint density at radius 1 is 1.19 bits per heavy atom. The van der Waals surface area contributed by atoms with Gasteiger partial charge in [-0.25, -0.2) is 4.98 Å². The second kappa shape index (κ2) is 5.39. The van der Waals surface area contributed by atoms with Crippen LogP contribution >= 0.6 is 23.2 Å². The molecule has 0 radical (unpaired) electrons. The van der Waals surface area contributed by atoms with Crippen LogP contribution in [0.4, 0.5) is 5.69 Å². The standard InChI is InChI=1S/C15H11Cl2N3O/c1-9-14(20-5-3-2-4-13(20)18-9)15(21)19-12-7-10(16)6-11(17)8-12/h2-8H,1H3,(H,19,21). The Morgan fingerprint density at radius 3 is 2.62 bits per heavy atom. The minimum absolute atomic E-state index is 0.260. The van der Waals surface area contributed by atoms with Crippen LogP contribution in [0.2, 0.25) is 10.0 Å². The fourth-order valence-corrected chi connectivity index (χ4v) is 2.73. The molecule has 2 aromatic heterocycles. The zero-order valence-electron chi connectivity index (χ0n) is 11.1. The summed E-state index contributed by atoms with van der Waals surface area (Å²) in [6, 6.07) is 10.5. The number of aryl methyl sites for hydroxylation is 1. The number of nitrogens with one attached hydrogen (secondary N) is 1. The van der Waals surface area contributed by atoms with E-state index in [2.05, 4.69) is 10.3 Å². The lowest BCUT2D eigenvalue weighted by Crippen LogP contribution is -2.15. The summed E-state index contributed by atoms with van der Waals surface area (Å²) in [7, 11) is 0. The molecule has 4 nitrogen and oxygen atoms in total. The van der Waals surface area contributed by atoms with Crippen molar-refractivity contribution in [2.24, 2.45) is 0 Å². The minimum Gasteiger partial charge on any atom is -0.321 e. The predicted octanol–water partition coefficient (Wildman–Crippen LogP) is 4.20. The maximum atomic E-state index is 12.5. The van der Waals surface area contributed by atoms with Crippen molar-refractivity contribution < 1.29 is 4.79 Å². The molecule has 0 unspecified atom stereocenters. The maximum absolute atomic E-state index is 12.5. The number of rotatable bonds is 2. The molecule has 0 aliphatic carbocycles. The molecule has 0 aliphatic rings. The number of pyridine rings is 1. The highest BCUT2D eigenvalue weighted by Gasteiger charge is 2.16. The van der Waals surface area contributed by atoms with Crippen LogP contribution < -0.4 is 5.32 Å². The number of anilines is 1.